The summed E-state index contributed by atoms with van der Waals surface area (Å²) in [6.45, 7) is 1.06. The Morgan fingerprint density at radius 2 is 1.82 bits per heavy atom. The van der Waals surface area contributed by atoms with E-state index >= 15 is 0 Å². The normalized spacial score (nSPS) is 17.9. The van der Waals surface area contributed by atoms with Gasteiger partial charge in [0.1, 0.15) is 5.69 Å². The third kappa shape index (κ3) is 4.82. The molecule has 0 saturated carbocycles. The van der Waals surface area contributed by atoms with Crippen LogP contribution in [0.5, 0.6) is 0 Å². The molecule has 172 valence electrons. The molecule has 1 aliphatic rings. The summed E-state index contributed by atoms with van der Waals surface area (Å²) in [7, 11) is 0. The van der Waals surface area contributed by atoms with E-state index in [1.165, 1.54) is 0 Å². The lowest BCUT2D eigenvalue weighted by Gasteiger charge is -2.29. The second-order valence-electron chi connectivity index (χ2n) is 8.48. The second kappa shape index (κ2) is 9.84. The minimum Gasteiger partial charge on any atom is -0.351 e. The Bertz CT molecular complexity index is 1280. The molecule has 2 atom stereocenters. The summed E-state index contributed by atoms with van der Waals surface area (Å²) >= 11 is 0. The van der Waals surface area contributed by atoms with Crippen molar-refractivity contribution in [3.63, 3.8) is 0 Å². The summed E-state index contributed by atoms with van der Waals surface area (Å²) in [5.41, 5.74) is 4.24. The van der Waals surface area contributed by atoms with E-state index in [1.807, 2.05) is 54.6 Å². The smallest absolute Gasteiger partial charge is 0.251 e. The fraction of sp³-hybridized carbons (Fsp3) is 0.231. The minimum atomic E-state index is -0.248. The molecular weight excluding hydrogens is 428 g/mol. The van der Waals surface area contributed by atoms with Gasteiger partial charge in [0, 0.05) is 48.0 Å². The Kier molecular flexibility index (Phi) is 6.31. The van der Waals surface area contributed by atoms with Gasteiger partial charge in [-0.25, -0.2) is 0 Å². The van der Waals surface area contributed by atoms with Crippen LogP contribution in [0.3, 0.4) is 0 Å². The molecule has 2 aromatic carbocycles. The molecule has 0 bridgehead atoms. The van der Waals surface area contributed by atoms with Gasteiger partial charge in [0.05, 0.1) is 11.6 Å². The van der Waals surface area contributed by atoms with Crippen molar-refractivity contribution in [2.45, 2.75) is 31.5 Å². The monoisotopic (exact) mass is 454 g/mol. The predicted octanol–water partition coefficient (Wildman–Crippen LogP) is 2.79. The number of nitrogens with one attached hydrogen (secondary N) is 4. The van der Waals surface area contributed by atoms with Gasteiger partial charge in [-0.05, 0) is 48.7 Å². The fourth-order valence-electron chi connectivity index (χ4n) is 4.27. The summed E-state index contributed by atoms with van der Waals surface area (Å²) in [6, 6.07) is 18.9. The van der Waals surface area contributed by atoms with Crippen molar-refractivity contribution in [2.75, 3.05) is 6.54 Å². The number of aromatic amines is 1. The van der Waals surface area contributed by atoms with E-state index in [1.54, 1.807) is 18.5 Å². The fourth-order valence-corrected chi connectivity index (χ4v) is 4.27. The number of H-pyrrole nitrogens is 1. The number of nitrogens with zero attached hydrogens (tertiary/aromatic N) is 2. The van der Waals surface area contributed by atoms with E-state index in [9.17, 15) is 9.59 Å². The third-order valence-corrected chi connectivity index (χ3v) is 6.15. The highest BCUT2D eigenvalue weighted by Crippen LogP contribution is 2.26. The predicted molar refractivity (Wildman–Crippen MR) is 130 cm³/mol. The van der Waals surface area contributed by atoms with Gasteiger partial charge in [0.2, 0.25) is 5.91 Å². The number of benzene rings is 2. The summed E-state index contributed by atoms with van der Waals surface area (Å²) in [5.74, 6) is -0.148. The zero-order valence-electron chi connectivity index (χ0n) is 18.6. The first-order valence-electron chi connectivity index (χ1n) is 11.4. The lowest BCUT2D eigenvalue weighted by atomic mass is 9.99. The summed E-state index contributed by atoms with van der Waals surface area (Å²) in [5, 5.41) is 17.7. The molecule has 0 radical (unpaired) electrons. The molecule has 8 nitrogen and oxygen atoms in total. The average molecular weight is 455 g/mol. The van der Waals surface area contributed by atoms with Crippen molar-refractivity contribution in [3.8, 4) is 11.3 Å². The van der Waals surface area contributed by atoms with Crippen LogP contribution in [0.15, 0.2) is 73.1 Å². The van der Waals surface area contributed by atoms with Gasteiger partial charge in [-0.3, -0.25) is 19.7 Å². The zero-order valence-corrected chi connectivity index (χ0v) is 18.6. The SMILES string of the molecule is O=C(N[C@@H]1CC[C@@H](C(=O)NCc2ccccc2)NC1)c1ccc2[nH]nc(-c3ccncc3)c2c1. The molecule has 4 aromatic rings. The van der Waals surface area contributed by atoms with Crippen molar-refractivity contribution >= 4 is 22.7 Å². The number of fused-ring (bicyclic) bond motifs is 1. The highest BCUT2D eigenvalue weighted by Gasteiger charge is 2.26. The van der Waals surface area contributed by atoms with Crippen LogP contribution in [0.2, 0.25) is 0 Å². The molecule has 34 heavy (non-hydrogen) atoms. The standard InChI is InChI=1S/C26H26N6O2/c33-25(19-6-8-22-21(14-19)24(32-31-22)18-10-12-27-13-11-18)30-20-7-9-23(28-16-20)26(34)29-15-17-4-2-1-3-5-17/h1-6,8,10-14,20,23,28H,7,9,15-16H2,(H,29,34)(H,30,33)(H,31,32)/t20-,23+/m1/s1. The Labute approximate surface area is 197 Å². The van der Waals surface area contributed by atoms with E-state index in [0.29, 0.717) is 25.1 Å². The van der Waals surface area contributed by atoms with E-state index in [4.69, 9.17) is 0 Å². The number of hydrogen-bond donors (Lipinski definition) is 4. The van der Waals surface area contributed by atoms with Gasteiger partial charge in [0.15, 0.2) is 0 Å². The van der Waals surface area contributed by atoms with Crippen molar-refractivity contribution < 1.29 is 9.59 Å². The maximum absolute atomic E-state index is 12.9. The number of aromatic nitrogens is 3. The van der Waals surface area contributed by atoms with Gasteiger partial charge in [-0.15, -0.1) is 0 Å². The molecule has 5 rings (SSSR count). The van der Waals surface area contributed by atoms with Gasteiger partial charge >= 0.3 is 0 Å². The molecule has 0 unspecified atom stereocenters. The van der Waals surface area contributed by atoms with Crippen LogP contribution >= 0.6 is 0 Å². The molecule has 1 aliphatic heterocycles. The van der Waals surface area contributed by atoms with Crippen LogP contribution in [-0.4, -0.2) is 45.6 Å². The quantitative estimate of drug-likeness (QED) is 0.358. The van der Waals surface area contributed by atoms with Crippen LogP contribution in [-0.2, 0) is 11.3 Å². The van der Waals surface area contributed by atoms with Crippen molar-refractivity contribution in [1.29, 1.82) is 0 Å². The summed E-state index contributed by atoms with van der Waals surface area (Å²) in [6.07, 6.45) is 4.84. The molecule has 3 heterocycles. The molecule has 0 spiro atoms. The number of rotatable bonds is 6. The first-order chi connectivity index (χ1) is 16.7. The molecule has 4 N–H and O–H groups in total. The number of carbonyl (C=O) groups excluding carboxylic acids is 2. The number of piperidine rings is 1. The molecular formula is C26H26N6O2. The highest BCUT2D eigenvalue weighted by molar-refractivity contribution is 6.01. The Balaban J connectivity index is 1.17. The van der Waals surface area contributed by atoms with Crippen molar-refractivity contribution in [2.24, 2.45) is 0 Å². The third-order valence-electron chi connectivity index (χ3n) is 6.15. The first kappa shape index (κ1) is 21.8. The van der Waals surface area contributed by atoms with Crippen LogP contribution in [0.4, 0.5) is 0 Å². The largest absolute Gasteiger partial charge is 0.351 e. The van der Waals surface area contributed by atoms with E-state index in [-0.39, 0.29) is 23.9 Å². The Morgan fingerprint density at radius 3 is 2.59 bits per heavy atom. The maximum Gasteiger partial charge on any atom is 0.251 e. The molecule has 0 aliphatic carbocycles. The topological polar surface area (TPSA) is 112 Å². The van der Waals surface area contributed by atoms with Crippen molar-refractivity contribution in [3.05, 3.63) is 84.2 Å². The number of carbonyl (C=O) groups is 2. The van der Waals surface area contributed by atoms with Crippen LogP contribution in [0.1, 0.15) is 28.8 Å². The van der Waals surface area contributed by atoms with Crippen molar-refractivity contribution in [1.82, 2.24) is 31.1 Å². The lowest BCUT2D eigenvalue weighted by Crippen LogP contribution is -2.54. The van der Waals surface area contributed by atoms with Gasteiger partial charge in [-0.1, -0.05) is 30.3 Å². The average Bonchev–Trinajstić information content (AvgIpc) is 3.32. The Morgan fingerprint density at radius 1 is 1.00 bits per heavy atom. The number of hydrogen-bond acceptors (Lipinski definition) is 5. The Hall–Kier alpha value is -4.04. The van der Waals surface area contributed by atoms with E-state index < -0.39 is 0 Å². The molecule has 1 fully saturated rings. The summed E-state index contributed by atoms with van der Waals surface area (Å²) < 4.78 is 0. The minimum absolute atomic E-state index is 0.0114. The molecule has 8 heteroatoms. The maximum atomic E-state index is 12.9. The highest BCUT2D eigenvalue weighted by atomic mass is 16.2. The van der Waals surface area contributed by atoms with Gasteiger partial charge in [0.25, 0.3) is 5.91 Å². The van der Waals surface area contributed by atoms with Gasteiger partial charge < -0.3 is 16.0 Å². The summed E-state index contributed by atoms with van der Waals surface area (Å²) in [4.78, 5) is 29.5. The number of amides is 2. The zero-order chi connectivity index (χ0) is 23.3. The van der Waals surface area contributed by atoms with Crippen LogP contribution < -0.4 is 16.0 Å². The molecule has 2 amide bonds. The molecule has 2 aromatic heterocycles. The lowest BCUT2D eigenvalue weighted by molar-refractivity contribution is -0.123. The molecule has 1 saturated heterocycles. The second-order valence-corrected chi connectivity index (χ2v) is 8.48. The first-order valence-corrected chi connectivity index (χ1v) is 11.4. The number of pyridine rings is 1. The van der Waals surface area contributed by atoms with E-state index in [2.05, 4.69) is 31.1 Å². The van der Waals surface area contributed by atoms with E-state index in [0.717, 1.165) is 34.1 Å². The van der Waals surface area contributed by atoms with Crippen LogP contribution in [0, 0.1) is 0 Å². The van der Waals surface area contributed by atoms with Crippen LogP contribution in [0.25, 0.3) is 22.2 Å². The van der Waals surface area contributed by atoms with Gasteiger partial charge in [-0.2, -0.15) is 5.10 Å².